The number of carbonyl (C=O) groups excluding carboxylic acids is 1. The van der Waals surface area contributed by atoms with E-state index in [0.29, 0.717) is 13.0 Å². The molecule has 0 spiro atoms. The van der Waals surface area contributed by atoms with Crippen LogP contribution in [0.25, 0.3) is 0 Å². The van der Waals surface area contributed by atoms with Gasteiger partial charge >= 0.3 is 0 Å². The molecule has 0 radical (unpaired) electrons. The van der Waals surface area contributed by atoms with Gasteiger partial charge < -0.3 is 20.2 Å². The Bertz CT molecular complexity index is 523. The Morgan fingerprint density at radius 1 is 1.17 bits per heavy atom. The number of aliphatic hydroxyl groups excluding tert-OH is 1. The Labute approximate surface area is 144 Å². The third-order valence-corrected chi connectivity index (χ3v) is 5.09. The molecular weight excluding hydrogens is 302 g/mol. The van der Waals surface area contributed by atoms with E-state index >= 15 is 0 Å². The number of rotatable bonds is 5. The lowest BCUT2D eigenvalue weighted by Crippen LogP contribution is -2.45. The smallest absolute Gasteiger partial charge is 0.239 e. The molecule has 1 amide bonds. The number of hydrogen-bond donors (Lipinski definition) is 2. The fourth-order valence-corrected chi connectivity index (χ4v) is 3.69. The quantitative estimate of drug-likeness (QED) is 0.841. The molecule has 0 aliphatic carbocycles. The van der Waals surface area contributed by atoms with E-state index in [1.807, 2.05) is 4.90 Å². The summed E-state index contributed by atoms with van der Waals surface area (Å²) in [5.74, 6) is 0.165. The third kappa shape index (κ3) is 4.79. The number of nitrogens with one attached hydrogen (secondary N) is 1. The first kappa shape index (κ1) is 17.4. The molecule has 0 aromatic heterocycles. The number of amides is 1. The van der Waals surface area contributed by atoms with E-state index in [4.69, 9.17) is 0 Å². The highest BCUT2D eigenvalue weighted by molar-refractivity contribution is 5.82. The van der Waals surface area contributed by atoms with Crippen molar-refractivity contribution >= 4 is 5.91 Å². The molecule has 5 heteroatoms. The third-order valence-electron chi connectivity index (χ3n) is 5.09. The van der Waals surface area contributed by atoms with Crippen LogP contribution < -0.4 is 5.32 Å². The summed E-state index contributed by atoms with van der Waals surface area (Å²) in [6, 6.07) is 10.4. The van der Waals surface area contributed by atoms with Gasteiger partial charge in [0.05, 0.1) is 12.1 Å². The van der Waals surface area contributed by atoms with Crippen molar-refractivity contribution in [3.05, 3.63) is 35.9 Å². The summed E-state index contributed by atoms with van der Waals surface area (Å²) in [5, 5.41) is 12.7. The molecule has 1 aromatic carbocycles. The Kier molecular flexibility index (Phi) is 6.24. The normalized spacial score (nSPS) is 25.6. The molecule has 24 heavy (non-hydrogen) atoms. The predicted molar refractivity (Wildman–Crippen MR) is 94.8 cm³/mol. The molecular formula is C19H29N3O2. The minimum absolute atomic E-state index is 0.165. The van der Waals surface area contributed by atoms with Crippen molar-refractivity contribution in [3.63, 3.8) is 0 Å². The van der Waals surface area contributed by atoms with Crippen LogP contribution in [0.3, 0.4) is 0 Å². The lowest BCUT2D eigenvalue weighted by molar-refractivity contribution is -0.133. The number of benzene rings is 1. The topological polar surface area (TPSA) is 55.8 Å². The monoisotopic (exact) mass is 331 g/mol. The van der Waals surface area contributed by atoms with Crippen LogP contribution >= 0.6 is 0 Å². The number of nitrogens with zero attached hydrogens (tertiary/aromatic N) is 2. The van der Waals surface area contributed by atoms with Gasteiger partial charge in [0.2, 0.25) is 5.91 Å². The minimum Gasteiger partial charge on any atom is -0.392 e. The molecule has 5 nitrogen and oxygen atoms in total. The number of hydrogen-bond acceptors (Lipinski definition) is 4. The van der Waals surface area contributed by atoms with E-state index in [1.54, 1.807) is 0 Å². The lowest BCUT2D eigenvalue weighted by atomic mass is 10.1. The van der Waals surface area contributed by atoms with Gasteiger partial charge in [-0.15, -0.1) is 0 Å². The van der Waals surface area contributed by atoms with Crippen molar-refractivity contribution in [2.75, 3.05) is 39.3 Å². The second-order valence-electron chi connectivity index (χ2n) is 6.96. The van der Waals surface area contributed by atoms with Crippen LogP contribution in [0.5, 0.6) is 0 Å². The van der Waals surface area contributed by atoms with Crippen molar-refractivity contribution < 1.29 is 9.90 Å². The summed E-state index contributed by atoms with van der Waals surface area (Å²) in [6.45, 7) is 5.29. The fraction of sp³-hybridized carbons (Fsp3) is 0.632. The molecule has 2 saturated heterocycles. The maximum absolute atomic E-state index is 12.5. The maximum Gasteiger partial charge on any atom is 0.239 e. The number of aliphatic hydroxyl groups is 1. The van der Waals surface area contributed by atoms with Crippen molar-refractivity contribution in [1.82, 2.24) is 15.1 Å². The van der Waals surface area contributed by atoms with E-state index in [2.05, 4.69) is 40.5 Å². The van der Waals surface area contributed by atoms with Crippen LogP contribution in [0.15, 0.2) is 30.3 Å². The fourth-order valence-electron chi connectivity index (χ4n) is 3.69. The van der Waals surface area contributed by atoms with Gasteiger partial charge in [-0.05, 0) is 44.3 Å². The Morgan fingerprint density at radius 3 is 2.75 bits per heavy atom. The predicted octanol–water partition coefficient (Wildman–Crippen LogP) is 0.876. The summed E-state index contributed by atoms with van der Waals surface area (Å²) in [5.41, 5.74) is 1.40. The van der Waals surface area contributed by atoms with Crippen molar-refractivity contribution in [3.8, 4) is 0 Å². The average molecular weight is 331 g/mol. The van der Waals surface area contributed by atoms with Crippen molar-refractivity contribution in [2.24, 2.45) is 0 Å². The maximum atomic E-state index is 12.5. The second-order valence-corrected chi connectivity index (χ2v) is 6.96. The molecule has 3 rings (SSSR count). The van der Waals surface area contributed by atoms with Crippen LogP contribution in [0, 0.1) is 0 Å². The SMILES string of the molecule is O=C([C@@H]1C[C@@H](O)CN1)N1CCCN(CCCc2ccccc2)CC1. The van der Waals surface area contributed by atoms with Crippen LogP contribution in [-0.4, -0.2) is 72.2 Å². The summed E-state index contributed by atoms with van der Waals surface area (Å²) in [6.07, 6.45) is 3.49. The van der Waals surface area contributed by atoms with Crippen molar-refractivity contribution in [2.45, 2.75) is 37.8 Å². The van der Waals surface area contributed by atoms with Gasteiger partial charge in [0.25, 0.3) is 0 Å². The van der Waals surface area contributed by atoms with E-state index in [9.17, 15) is 9.90 Å². The van der Waals surface area contributed by atoms with Gasteiger partial charge in [0.1, 0.15) is 0 Å². The van der Waals surface area contributed by atoms with Gasteiger partial charge in [-0.3, -0.25) is 4.79 Å². The average Bonchev–Trinajstić information content (AvgIpc) is 2.90. The summed E-state index contributed by atoms with van der Waals surface area (Å²) in [7, 11) is 0. The standard InChI is InChI=1S/C19H29N3O2/c23-17-14-18(20-15-17)19(24)22-11-5-10-21(12-13-22)9-4-8-16-6-2-1-3-7-16/h1-3,6-7,17-18,20,23H,4-5,8-15H2/t17-,18+/m1/s1. The molecule has 2 fully saturated rings. The highest BCUT2D eigenvalue weighted by Crippen LogP contribution is 2.12. The molecule has 132 valence electrons. The number of aryl methyl sites for hydroxylation is 1. The Balaban J connectivity index is 1.41. The molecule has 2 aliphatic rings. The molecule has 0 unspecified atom stereocenters. The molecule has 1 aromatic rings. The van der Waals surface area contributed by atoms with Crippen LogP contribution in [0.1, 0.15) is 24.8 Å². The first-order valence-corrected chi connectivity index (χ1v) is 9.19. The van der Waals surface area contributed by atoms with Crippen LogP contribution in [0.2, 0.25) is 0 Å². The zero-order chi connectivity index (χ0) is 16.8. The second kappa shape index (κ2) is 8.60. The van der Waals surface area contributed by atoms with E-state index < -0.39 is 0 Å². The summed E-state index contributed by atoms with van der Waals surface area (Å²) in [4.78, 5) is 17.0. The molecule has 2 atom stereocenters. The first-order valence-electron chi connectivity index (χ1n) is 9.19. The van der Waals surface area contributed by atoms with Gasteiger partial charge in [-0.25, -0.2) is 0 Å². The molecule has 0 saturated carbocycles. The molecule has 2 N–H and O–H groups in total. The van der Waals surface area contributed by atoms with Gasteiger partial charge in [-0.1, -0.05) is 30.3 Å². The number of β-amino-alcohol motifs (C(OH)–C–C–N with tert-alkyl or cyclic N) is 1. The van der Waals surface area contributed by atoms with Gasteiger partial charge in [0.15, 0.2) is 0 Å². The molecule has 2 aliphatic heterocycles. The highest BCUT2D eigenvalue weighted by atomic mass is 16.3. The lowest BCUT2D eigenvalue weighted by Gasteiger charge is -2.24. The Morgan fingerprint density at radius 2 is 2.00 bits per heavy atom. The zero-order valence-electron chi connectivity index (χ0n) is 14.4. The largest absolute Gasteiger partial charge is 0.392 e. The van der Waals surface area contributed by atoms with Gasteiger partial charge in [0, 0.05) is 26.2 Å². The van der Waals surface area contributed by atoms with E-state index in [0.717, 1.165) is 52.0 Å². The Hall–Kier alpha value is -1.43. The minimum atomic E-state index is -0.375. The van der Waals surface area contributed by atoms with E-state index in [1.165, 1.54) is 5.56 Å². The zero-order valence-corrected chi connectivity index (χ0v) is 14.4. The highest BCUT2D eigenvalue weighted by Gasteiger charge is 2.31. The van der Waals surface area contributed by atoms with Crippen LogP contribution in [-0.2, 0) is 11.2 Å². The van der Waals surface area contributed by atoms with E-state index in [-0.39, 0.29) is 18.1 Å². The summed E-state index contributed by atoms with van der Waals surface area (Å²) >= 11 is 0. The first-order chi connectivity index (χ1) is 11.7. The van der Waals surface area contributed by atoms with Crippen molar-refractivity contribution in [1.29, 1.82) is 0 Å². The van der Waals surface area contributed by atoms with Crippen LogP contribution in [0.4, 0.5) is 0 Å². The summed E-state index contributed by atoms with van der Waals surface area (Å²) < 4.78 is 0. The van der Waals surface area contributed by atoms with Gasteiger partial charge in [-0.2, -0.15) is 0 Å². The molecule has 0 bridgehead atoms. The number of carbonyl (C=O) groups is 1. The molecule has 2 heterocycles.